The molecule has 1 atom stereocenters. The number of nitrogens with one attached hydrogen (secondary N) is 1. The van der Waals surface area contributed by atoms with Crippen LogP contribution in [0.15, 0.2) is 42.5 Å². The van der Waals surface area contributed by atoms with E-state index in [1.54, 1.807) is 18.2 Å². The van der Waals surface area contributed by atoms with Gasteiger partial charge in [-0.25, -0.2) is 0 Å². The molecule has 0 saturated carbocycles. The maximum atomic E-state index is 12.4. The van der Waals surface area contributed by atoms with Crippen LogP contribution in [0.4, 0.5) is 0 Å². The zero-order valence-electron chi connectivity index (χ0n) is 16.6. The quantitative estimate of drug-likeness (QED) is 0.667. The Balaban J connectivity index is 1.52. The number of nitrogens with zero attached hydrogens (tertiary/aromatic N) is 1. The minimum atomic E-state index is -0.171. The number of hydrogen-bond acceptors (Lipinski definition) is 5. The SMILES string of the molecule is CN(C)C(CNC(=O)CCC(=O)c1ccc2c(c1)OCCO2)c1ccccc1Cl. The Bertz CT molecular complexity index is 885. The normalized spacial score (nSPS) is 13.8. The second-order valence-electron chi connectivity index (χ2n) is 7.09. The Morgan fingerprint density at radius 1 is 1.07 bits per heavy atom. The molecule has 2 aromatic carbocycles. The molecule has 154 valence electrons. The van der Waals surface area contributed by atoms with Gasteiger partial charge in [0.25, 0.3) is 0 Å². The van der Waals surface area contributed by atoms with Crippen molar-refractivity contribution < 1.29 is 19.1 Å². The van der Waals surface area contributed by atoms with E-state index in [1.807, 2.05) is 43.3 Å². The third-order valence-corrected chi connectivity index (χ3v) is 5.17. The molecule has 0 aromatic heterocycles. The first-order valence-corrected chi connectivity index (χ1v) is 9.94. The summed E-state index contributed by atoms with van der Waals surface area (Å²) in [5.41, 5.74) is 1.47. The van der Waals surface area contributed by atoms with Crippen LogP contribution in [0.2, 0.25) is 5.02 Å². The fourth-order valence-electron chi connectivity index (χ4n) is 3.20. The van der Waals surface area contributed by atoms with Gasteiger partial charge in [-0.1, -0.05) is 29.8 Å². The van der Waals surface area contributed by atoms with Crippen LogP contribution in [0.5, 0.6) is 11.5 Å². The predicted octanol–water partition coefficient (Wildman–Crippen LogP) is 3.49. The number of amides is 1. The zero-order chi connectivity index (χ0) is 20.8. The molecule has 0 fully saturated rings. The van der Waals surface area contributed by atoms with Crippen LogP contribution in [0.3, 0.4) is 0 Å². The van der Waals surface area contributed by atoms with Crippen LogP contribution in [0, 0.1) is 0 Å². The maximum Gasteiger partial charge on any atom is 0.220 e. The Labute approximate surface area is 175 Å². The minimum absolute atomic E-state index is 0.0545. The van der Waals surface area contributed by atoms with Crippen molar-refractivity contribution in [2.45, 2.75) is 18.9 Å². The highest BCUT2D eigenvalue weighted by Gasteiger charge is 2.19. The highest BCUT2D eigenvalue weighted by molar-refractivity contribution is 6.31. The number of benzene rings is 2. The minimum Gasteiger partial charge on any atom is -0.486 e. The summed E-state index contributed by atoms with van der Waals surface area (Å²) >= 11 is 6.30. The van der Waals surface area contributed by atoms with Crippen LogP contribution < -0.4 is 14.8 Å². The van der Waals surface area contributed by atoms with Crippen LogP contribution >= 0.6 is 11.6 Å². The smallest absolute Gasteiger partial charge is 0.220 e. The first kappa shape index (κ1) is 21.1. The van der Waals surface area contributed by atoms with Gasteiger partial charge in [0.15, 0.2) is 17.3 Å². The van der Waals surface area contributed by atoms with Crippen LogP contribution in [0.25, 0.3) is 0 Å². The largest absolute Gasteiger partial charge is 0.486 e. The lowest BCUT2D eigenvalue weighted by molar-refractivity contribution is -0.121. The number of carbonyl (C=O) groups excluding carboxylic acids is 2. The topological polar surface area (TPSA) is 67.9 Å². The molecule has 0 saturated heterocycles. The molecule has 0 spiro atoms. The van der Waals surface area contributed by atoms with Crippen LogP contribution in [-0.2, 0) is 4.79 Å². The summed E-state index contributed by atoms with van der Waals surface area (Å²) in [6.07, 6.45) is 0.250. The Morgan fingerprint density at radius 3 is 2.52 bits per heavy atom. The summed E-state index contributed by atoms with van der Waals surface area (Å²) in [7, 11) is 3.87. The summed E-state index contributed by atoms with van der Waals surface area (Å²) in [5.74, 6) is 0.933. The lowest BCUT2D eigenvalue weighted by atomic mass is 10.0. The zero-order valence-corrected chi connectivity index (χ0v) is 17.4. The van der Waals surface area contributed by atoms with E-state index in [4.69, 9.17) is 21.1 Å². The molecule has 1 aliphatic heterocycles. The van der Waals surface area contributed by atoms with Gasteiger partial charge in [-0.3, -0.25) is 9.59 Å². The van der Waals surface area contributed by atoms with Crippen molar-refractivity contribution in [3.05, 3.63) is 58.6 Å². The van der Waals surface area contributed by atoms with E-state index in [-0.39, 0.29) is 30.6 Å². The summed E-state index contributed by atoms with van der Waals surface area (Å²) in [6.45, 7) is 1.38. The van der Waals surface area contributed by atoms with Crippen molar-refractivity contribution in [3.63, 3.8) is 0 Å². The highest BCUT2D eigenvalue weighted by atomic mass is 35.5. The standard InChI is InChI=1S/C22H25ClN2O4/c1-25(2)18(16-5-3-4-6-17(16)23)14-24-22(27)10-8-19(26)15-7-9-20-21(13-15)29-12-11-28-20/h3-7,9,13,18H,8,10-12,14H2,1-2H3,(H,24,27). The van der Waals surface area contributed by atoms with Gasteiger partial charge in [-0.15, -0.1) is 0 Å². The van der Waals surface area contributed by atoms with Gasteiger partial charge >= 0.3 is 0 Å². The van der Waals surface area contributed by atoms with E-state index in [1.165, 1.54) is 0 Å². The molecule has 0 bridgehead atoms. The van der Waals surface area contributed by atoms with E-state index >= 15 is 0 Å². The van der Waals surface area contributed by atoms with Gasteiger partial charge in [-0.2, -0.15) is 0 Å². The number of carbonyl (C=O) groups is 2. The number of ether oxygens (including phenoxy) is 2. The molecule has 0 radical (unpaired) electrons. The number of halogens is 1. The van der Waals surface area contributed by atoms with Gasteiger partial charge in [0, 0.05) is 30.0 Å². The third kappa shape index (κ3) is 5.49. The molecule has 2 aromatic rings. The van der Waals surface area contributed by atoms with E-state index < -0.39 is 0 Å². The molecule has 1 N–H and O–H groups in total. The van der Waals surface area contributed by atoms with Crippen LogP contribution in [-0.4, -0.2) is 50.4 Å². The summed E-state index contributed by atoms with van der Waals surface area (Å²) < 4.78 is 11.0. The van der Waals surface area contributed by atoms with Crippen molar-refractivity contribution in [1.82, 2.24) is 10.2 Å². The van der Waals surface area contributed by atoms with Crippen molar-refractivity contribution in [3.8, 4) is 11.5 Å². The predicted molar refractivity (Wildman–Crippen MR) is 112 cm³/mol. The average Bonchev–Trinajstić information content (AvgIpc) is 2.72. The Kier molecular flexibility index (Phi) is 7.12. The average molecular weight is 417 g/mol. The third-order valence-electron chi connectivity index (χ3n) is 4.82. The van der Waals surface area contributed by atoms with Crippen molar-refractivity contribution in [2.24, 2.45) is 0 Å². The number of rotatable bonds is 8. The number of Topliss-reactive ketones (excluding diaryl/α,β-unsaturated/α-hetero) is 1. The molecule has 6 nitrogen and oxygen atoms in total. The van der Waals surface area contributed by atoms with Crippen LogP contribution in [0.1, 0.15) is 34.8 Å². The Morgan fingerprint density at radius 2 is 1.79 bits per heavy atom. The van der Waals surface area contributed by atoms with Gasteiger partial charge in [0.2, 0.25) is 5.91 Å². The van der Waals surface area contributed by atoms with Crippen molar-refractivity contribution in [1.29, 1.82) is 0 Å². The van der Waals surface area contributed by atoms with Gasteiger partial charge in [0.1, 0.15) is 13.2 Å². The second-order valence-corrected chi connectivity index (χ2v) is 7.49. The number of hydrogen-bond donors (Lipinski definition) is 1. The monoisotopic (exact) mass is 416 g/mol. The van der Waals surface area contributed by atoms with E-state index in [0.717, 1.165) is 5.56 Å². The first-order valence-electron chi connectivity index (χ1n) is 9.56. The molecule has 1 amide bonds. The fraction of sp³-hybridized carbons (Fsp3) is 0.364. The lowest BCUT2D eigenvalue weighted by Crippen LogP contribution is -2.34. The lowest BCUT2D eigenvalue weighted by Gasteiger charge is -2.26. The van der Waals surface area contributed by atoms with Crippen molar-refractivity contribution >= 4 is 23.3 Å². The number of likely N-dealkylation sites (N-methyl/N-ethyl adjacent to an activating group) is 1. The van der Waals surface area contributed by atoms with Gasteiger partial charge in [0.05, 0.1) is 6.04 Å². The van der Waals surface area contributed by atoms with Crippen molar-refractivity contribution in [2.75, 3.05) is 33.9 Å². The van der Waals surface area contributed by atoms with E-state index in [9.17, 15) is 9.59 Å². The maximum absolute atomic E-state index is 12.4. The molecule has 3 rings (SSSR count). The van der Waals surface area contributed by atoms with E-state index in [2.05, 4.69) is 5.32 Å². The molecule has 1 unspecified atom stereocenters. The summed E-state index contributed by atoms with van der Waals surface area (Å²) in [6, 6.07) is 12.6. The highest BCUT2D eigenvalue weighted by Crippen LogP contribution is 2.31. The molecular weight excluding hydrogens is 392 g/mol. The fourth-order valence-corrected chi connectivity index (χ4v) is 3.46. The number of fused-ring (bicyclic) bond motifs is 1. The second kappa shape index (κ2) is 9.76. The first-order chi connectivity index (χ1) is 14.0. The van der Waals surface area contributed by atoms with E-state index in [0.29, 0.717) is 41.8 Å². The van der Waals surface area contributed by atoms with Gasteiger partial charge in [-0.05, 0) is 43.9 Å². The Hall–Kier alpha value is -2.57. The van der Waals surface area contributed by atoms with Gasteiger partial charge < -0.3 is 19.7 Å². The molecular formula is C22H25ClN2O4. The molecule has 7 heteroatoms. The molecule has 29 heavy (non-hydrogen) atoms. The summed E-state index contributed by atoms with van der Waals surface area (Å²) in [5, 5.41) is 3.57. The summed E-state index contributed by atoms with van der Waals surface area (Å²) in [4.78, 5) is 26.7. The molecule has 0 aliphatic carbocycles. The number of ketones is 1. The molecule has 1 heterocycles. The molecule has 1 aliphatic rings.